The second kappa shape index (κ2) is 4.30. The minimum atomic E-state index is -3.29. The molecule has 0 saturated heterocycles. The van der Waals surface area contributed by atoms with E-state index in [4.69, 9.17) is 9.52 Å². The molecule has 18 heavy (non-hydrogen) atoms. The Hall–Kier alpha value is -2.09. The van der Waals surface area contributed by atoms with Gasteiger partial charge in [0, 0.05) is 12.5 Å². The highest BCUT2D eigenvalue weighted by atomic mass is 32.2. The van der Waals surface area contributed by atoms with E-state index in [0.717, 1.165) is 6.26 Å². The third kappa shape index (κ3) is 2.59. The lowest BCUT2D eigenvalue weighted by atomic mass is 10.4. The molecule has 0 atom stereocenters. The lowest BCUT2D eigenvalue weighted by Gasteiger charge is -1.96. The van der Waals surface area contributed by atoms with Crippen molar-refractivity contribution in [1.82, 2.24) is 9.78 Å². The number of hydrogen-bond acceptors (Lipinski definition) is 5. The first-order valence-corrected chi connectivity index (χ1v) is 6.80. The zero-order valence-electron chi connectivity index (χ0n) is 9.40. The molecule has 0 aromatic carbocycles. The minimum absolute atomic E-state index is 0.104. The molecule has 96 valence electrons. The molecule has 0 aliphatic rings. The minimum Gasteiger partial charge on any atom is -0.475 e. The van der Waals surface area contributed by atoms with E-state index in [1.807, 2.05) is 0 Å². The van der Waals surface area contributed by atoms with Crippen LogP contribution < -0.4 is 0 Å². The molecular formula is C10H10N2O5S. The summed E-state index contributed by atoms with van der Waals surface area (Å²) in [5.41, 5.74) is 0. The molecule has 2 aromatic rings. The molecule has 0 unspecified atom stereocenters. The Bertz CT molecular complexity index is 683. The number of sulfone groups is 1. The first-order chi connectivity index (χ1) is 8.36. The number of nitrogens with zero attached hydrogens (tertiary/aromatic N) is 2. The molecule has 0 spiro atoms. The average molecular weight is 270 g/mol. The zero-order chi connectivity index (χ0) is 13.3. The smallest absolute Gasteiger partial charge is 0.371 e. The van der Waals surface area contributed by atoms with Crippen molar-refractivity contribution >= 4 is 15.8 Å². The Morgan fingerprint density at radius 3 is 2.72 bits per heavy atom. The zero-order valence-corrected chi connectivity index (χ0v) is 10.2. The van der Waals surface area contributed by atoms with Crippen molar-refractivity contribution in [3.63, 3.8) is 0 Å². The number of furan rings is 1. The molecule has 2 heterocycles. The van der Waals surface area contributed by atoms with Crippen LogP contribution in [-0.2, 0) is 16.4 Å². The SMILES string of the molecule is CS(=O)(=O)c1cnn(Cc2ccc(C(=O)O)o2)c1. The number of rotatable bonds is 4. The van der Waals surface area contributed by atoms with Gasteiger partial charge in [-0.05, 0) is 12.1 Å². The fourth-order valence-electron chi connectivity index (χ4n) is 1.36. The van der Waals surface area contributed by atoms with Crippen LogP contribution in [0.5, 0.6) is 0 Å². The molecule has 1 N–H and O–H groups in total. The number of carboxylic acids is 1. The van der Waals surface area contributed by atoms with E-state index < -0.39 is 15.8 Å². The lowest BCUT2D eigenvalue weighted by molar-refractivity contribution is 0.0660. The van der Waals surface area contributed by atoms with Crippen LogP contribution in [0.15, 0.2) is 33.8 Å². The standard InChI is InChI=1S/C10H10N2O5S/c1-18(15,16)8-4-11-12(6-8)5-7-2-3-9(17-7)10(13)14/h2-4,6H,5H2,1H3,(H,13,14). The Kier molecular flexibility index (Phi) is 2.95. The second-order valence-corrected chi connectivity index (χ2v) is 5.73. The Balaban J connectivity index is 2.19. The summed E-state index contributed by atoms with van der Waals surface area (Å²) in [4.78, 5) is 10.7. The van der Waals surface area contributed by atoms with Crippen LogP contribution in [0.25, 0.3) is 0 Å². The van der Waals surface area contributed by atoms with Gasteiger partial charge in [-0.15, -0.1) is 0 Å². The summed E-state index contributed by atoms with van der Waals surface area (Å²) in [6, 6.07) is 2.84. The van der Waals surface area contributed by atoms with Gasteiger partial charge >= 0.3 is 5.97 Å². The van der Waals surface area contributed by atoms with Gasteiger partial charge in [0.1, 0.15) is 10.7 Å². The predicted octanol–water partition coefficient (Wildman–Crippen LogP) is 0.626. The van der Waals surface area contributed by atoms with Gasteiger partial charge in [-0.3, -0.25) is 4.68 Å². The summed E-state index contributed by atoms with van der Waals surface area (Å²) < 4.78 is 28.9. The van der Waals surface area contributed by atoms with Gasteiger partial charge in [-0.25, -0.2) is 13.2 Å². The van der Waals surface area contributed by atoms with E-state index >= 15 is 0 Å². The fraction of sp³-hybridized carbons (Fsp3) is 0.200. The van der Waals surface area contributed by atoms with E-state index in [9.17, 15) is 13.2 Å². The van der Waals surface area contributed by atoms with Gasteiger partial charge in [0.2, 0.25) is 5.76 Å². The summed E-state index contributed by atoms with van der Waals surface area (Å²) in [6.45, 7) is 0.169. The first kappa shape index (κ1) is 12.4. The highest BCUT2D eigenvalue weighted by Crippen LogP contribution is 2.11. The van der Waals surface area contributed by atoms with E-state index in [0.29, 0.717) is 5.76 Å². The highest BCUT2D eigenvalue weighted by Gasteiger charge is 2.12. The maximum atomic E-state index is 11.2. The van der Waals surface area contributed by atoms with E-state index in [1.165, 1.54) is 29.2 Å². The third-order valence-electron chi connectivity index (χ3n) is 2.23. The van der Waals surface area contributed by atoms with Crippen molar-refractivity contribution in [3.05, 3.63) is 36.0 Å². The van der Waals surface area contributed by atoms with Gasteiger partial charge in [-0.1, -0.05) is 0 Å². The normalized spacial score (nSPS) is 11.6. The molecule has 0 saturated carbocycles. The number of aromatic nitrogens is 2. The largest absolute Gasteiger partial charge is 0.475 e. The monoisotopic (exact) mass is 270 g/mol. The van der Waals surface area contributed by atoms with Crippen molar-refractivity contribution < 1.29 is 22.7 Å². The third-order valence-corrected chi connectivity index (χ3v) is 3.30. The Morgan fingerprint density at radius 2 is 2.22 bits per heavy atom. The van der Waals surface area contributed by atoms with Crippen LogP contribution in [-0.4, -0.2) is 35.5 Å². The second-order valence-electron chi connectivity index (χ2n) is 3.72. The van der Waals surface area contributed by atoms with Crippen LogP contribution in [0.2, 0.25) is 0 Å². The lowest BCUT2D eigenvalue weighted by Crippen LogP contribution is -2.00. The molecule has 2 aromatic heterocycles. The molecule has 7 nitrogen and oxygen atoms in total. The van der Waals surface area contributed by atoms with Crippen LogP contribution in [0.4, 0.5) is 0 Å². The summed E-state index contributed by atoms with van der Waals surface area (Å²) in [5.74, 6) is -0.936. The van der Waals surface area contributed by atoms with Crippen molar-refractivity contribution in [2.45, 2.75) is 11.4 Å². The quantitative estimate of drug-likeness (QED) is 0.873. The Morgan fingerprint density at radius 1 is 1.50 bits per heavy atom. The van der Waals surface area contributed by atoms with Gasteiger partial charge < -0.3 is 9.52 Å². The predicted molar refractivity (Wildman–Crippen MR) is 60.1 cm³/mol. The maximum Gasteiger partial charge on any atom is 0.371 e. The Labute approximate surface area is 103 Å². The molecule has 0 amide bonds. The molecule has 0 radical (unpaired) electrons. The highest BCUT2D eigenvalue weighted by molar-refractivity contribution is 7.90. The van der Waals surface area contributed by atoms with E-state index in [2.05, 4.69) is 5.10 Å². The van der Waals surface area contributed by atoms with Crippen LogP contribution in [0, 0.1) is 0 Å². The van der Waals surface area contributed by atoms with E-state index in [1.54, 1.807) is 0 Å². The van der Waals surface area contributed by atoms with Gasteiger partial charge in [0.25, 0.3) is 0 Å². The van der Waals surface area contributed by atoms with Gasteiger partial charge in [0.05, 0.1) is 12.7 Å². The molecule has 2 rings (SSSR count). The molecule has 0 fully saturated rings. The van der Waals surface area contributed by atoms with Crippen molar-refractivity contribution in [2.24, 2.45) is 0 Å². The molecule has 0 aliphatic heterocycles. The maximum absolute atomic E-state index is 11.2. The number of carbonyl (C=O) groups is 1. The van der Waals surface area contributed by atoms with E-state index in [-0.39, 0.29) is 17.2 Å². The summed E-state index contributed by atoms with van der Waals surface area (Å²) in [7, 11) is -3.29. The van der Waals surface area contributed by atoms with Crippen molar-refractivity contribution in [2.75, 3.05) is 6.26 Å². The summed E-state index contributed by atoms with van der Waals surface area (Å²) >= 11 is 0. The van der Waals surface area contributed by atoms with Gasteiger partial charge in [0.15, 0.2) is 9.84 Å². The average Bonchev–Trinajstić information content (AvgIpc) is 2.85. The number of carboxylic acid groups (broad SMARTS) is 1. The van der Waals surface area contributed by atoms with Gasteiger partial charge in [-0.2, -0.15) is 5.10 Å². The number of hydrogen-bond donors (Lipinski definition) is 1. The topological polar surface area (TPSA) is 102 Å². The fourth-order valence-corrected chi connectivity index (χ4v) is 1.91. The number of aromatic carboxylic acids is 1. The van der Waals surface area contributed by atoms with Crippen LogP contribution >= 0.6 is 0 Å². The van der Waals surface area contributed by atoms with Crippen LogP contribution in [0.3, 0.4) is 0 Å². The molecule has 0 bridgehead atoms. The van der Waals surface area contributed by atoms with Crippen molar-refractivity contribution in [1.29, 1.82) is 0 Å². The first-order valence-electron chi connectivity index (χ1n) is 4.91. The molecule has 0 aliphatic carbocycles. The van der Waals surface area contributed by atoms with Crippen LogP contribution in [0.1, 0.15) is 16.3 Å². The molecular weight excluding hydrogens is 260 g/mol. The summed E-state index contributed by atoms with van der Waals surface area (Å²) in [5, 5.41) is 12.5. The summed E-state index contributed by atoms with van der Waals surface area (Å²) in [6.07, 6.45) is 3.68. The molecule has 8 heteroatoms. The van der Waals surface area contributed by atoms with Crippen molar-refractivity contribution in [3.8, 4) is 0 Å².